The quantitative estimate of drug-likeness (QED) is 0.679. The number of hydrogen-bond donors (Lipinski definition) is 1. The summed E-state index contributed by atoms with van der Waals surface area (Å²) in [7, 11) is 1.65. The molecule has 6 heteroatoms. The van der Waals surface area contributed by atoms with E-state index < -0.39 is 0 Å². The van der Waals surface area contributed by atoms with Crippen LogP contribution in [0.2, 0.25) is 0 Å². The van der Waals surface area contributed by atoms with Crippen LogP contribution in [-0.4, -0.2) is 43.3 Å². The summed E-state index contributed by atoms with van der Waals surface area (Å²) in [6.07, 6.45) is 0. The number of ketones is 1. The van der Waals surface area contributed by atoms with Gasteiger partial charge in [-0.3, -0.25) is 14.5 Å². The largest absolute Gasteiger partial charge is 0.497 e. The van der Waals surface area contributed by atoms with Gasteiger partial charge in [0.2, 0.25) is 0 Å². The zero-order chi connectivity index (χ0) is 19.1. The van der Waals surface area contributed by atoms with Gasteiger partial charge >= 0.3 is 0 Å². The van der Waals surface area contributed by atoms with Gasteiger partial charge in [-0.1, -0.05) is 26.0 Å². The fourth-order valence-electron chi connectivity index (χ4n) is 2.90. The normalized spacial score (nSPS) is 12.0. The zero-order valence-electron chi connectivity index (χ0n) is 15.7. The van der Waals surface area contributed by atoms with Crippen molar-refractivity contribution >= 4 is 23.0 Å². The van der Waals surface area contributed by atoms with Crippen LogP contribution < -0.4 is 10.1 Å². The lowest BCUT2D eigenvalue weighted by molar-refractivity contribution is 0.0938. The number of nitrogens with one attached hydrogen (secondary N) is 1. The third-order valence-electron chi connectivity index (χ3n) is 4.36. The molecule has 0 radical (unpaired) electrons. The summed E-state index contributed by atoms with van der Waals surface area (Å²) in [4.78, 5) is 27.4. The van der Waals surface area contributed by atoms with Gasteiger partial charge in [-0.2, -0.15) is 0 Å². The van der Waals surface area contributed by atoms with Crippen LogP contribution in [0.15, 0.2) is 36.4 Å². The highest BCUT2D eigenvalue weighted by Gasteiger charge is 2.20. The van der Waals surface area contributed by atoms with Crippen LogP contribution in [0.25, 0.3) is 0 Å². The number of nitrogens with zero attached hydrogens (tertiary/aromatic N) is 1. The Morgan fingerprint density at radius 1 is 1.15 bits per heavy atom. The lowest BCUT2D eigenvalue weighted by Crippen LogP contribution is -2.37. The van der Waals surface area contributed by atoms with Crippen molar-refractivity contribution in [3.8, 4) is 5.75 Å². The molecule has 2 rings (SSSR count). The Labute approximate surface area is 159 Å². The summed E-state index contributed by atoms with van der Waals surface area (Å²) in [5.41, 5.74) is 1.10. The number of ether oxygens (including phenoxy) is 1. The van der Waals surface area contributed by atoms with Crippen LogP contribution >= 0.6 is 11.3 Å². The number of thiophene rings is 1. The predicted molar refractivity (Wildman–Crippen MR) is 105 cm³/mol. The lowest BCUT2D eigenvalue weighted by atomic mass is 10.0. The molecule has 2 aromatic rings. The van der Waals surface area contributed by atoms with E-state index >= 15 is 0 Å². The van der Waals surface area contributed by atoms with Crippen molar-refractivity contribution in [2.75, 3.05) is 26.7 Å². The van der Waals surface area contributed by atoms with E-state index in [0.717, 1.165) is 24.4 Å². The maximum Gasteiger partial charge on any atom is 0.261 e. The number of carbonyl (C=O) groups is 2. The van der Waals surface area contributed by atoms with E-state index in [1.165, 1.54) is 18.3 Å². The summed E-state index contributed by atoms with van der Waals surface area (Å²) >= 11 is 1.23. The molecule has 1 atom stereocenters. The van der Waals surface area contributed by atoms with Gasteiger partial charge in [0, 0.05) is 6.54 Å². The van der Waals surface area contributed by atoms with Crippen molar-refractivity contribution in [1.29, 1.82) is 0 Å². The predicted octanol–water partition coefficient (Wildman–Crippen LogP) is 3.77. The van der Waals surface area contributed by atoms with Gasteiger partial charge < -0.3 is 10.1 Å². The number of amides is 1. The lowest BCUT2D eigenvalue weighted by Gasteiger charge is -2.30. The first-order chi connectivity index (χ1) is 12.5. The van der Waals surface area contributed by atoms with E-state index in [1.54, 1.807) is 19.2 Å². The monoisotopic (exact) mass is 374 g/mol. The minimum atomic E-state index is -0.150. The molecule has 1 aromatic heterocycles. The van der Waals surface area contributed by atoms with Gasteiger partial charge in [-0.05, 0) is 49.8 Å². The Morgan fingerprint density at radius 3 is 2.42 bits per heavy atom. The summed E-state index contributed by atoms with van der Waals surface area (Å²) in [6, 6.07) is 11.4. The fraction of sp³-hybridized carbons (Fsp3) is 0.400. The van der Waals surface area contributed by atoms with Crippen molar-refractivity contribution in [1.82, 2.24) is 10.2 Å². The Balaban J connectivity index is 2.15. The van der Waals surface area contributed by atoms with Crippen LogP contribution in [0, 0.1) is 0 Å². The Morgan fingerprint density at radius 2 is 1.85 bits per heavy atom. The highest BCUT2D eigenvalue weighted by Crippen LogP contribution is 2.24. The minimum Gasteiger partial charge on any atom is -0.497 e. The average Bonchev–Trinajstić information content (AvgIpc) is 3.15. The molecule has 1 amide bonds. The average molecular weight is 375 g/mol. The Kier molecular flexibility index (Phi) is 7.36. The van der Waals surface area contributed by atoms with Gasteiger partial charge in [0.1, 0.15) is 5.75 Å². The first-order valence-corrected chi connectivity index (χ1v) is 9.58. The molecule has 26 heavy (non-hydrogen) atoms. The summed E-state index contributed by atoms with van der Waals surface area (Å²) in [5.74, 6) is 0.629. The molecule has 1 N–H and O–H groups in total. The van der Waals surface area contributed by atoms with Crippen LogP contribution in [0.1, 0.15) is 51.7 Å². The van der Waals surface area contributed by atoms with E-state index in [1.807, 2.05) is 18.2 Å². The second kappa shape index (κ2) is 9.50. The maximum atomic E-state index is 12.5. The summed E-state index contributed by atoms with van der Waals surface area (Å²) in [5, 5.41) is 3.01. The van der Waals surface area contributed by atoms with Crippen molar-refractivity contribution in [2.24, 2.45) is 0 Å². The van der Waals surface area contributed by atoms with Crippen LogP contribution in [-0.2, 0) is 0 Å². The molecule has 1 aromatic carbocycles. The first kappa shape index (κ1) is 20.1. The molecule has 0 bridgehead atoms. The number of benzene rings is 1. The number of methoxy groups -OCH3 is 1. The molecule has 0 saturated carbocycles. The van der Waals surface area contributed by atoms with E-state index in [4.69, 9.17) is 4.74 Å². The molecule has 0 unspecified atom stereocenters. The Hall–Kier alpha value is -2.18. The molecule has 1 heterocycles. The van der Waals surface area contributed by atoms with Crippen molar-refractivity contribution < 1.29 is 14.3 Å². The summed E-state index contributed by atoms with van der Waals surface area (Å²) in [6.45, 7) is 7.96. The molecule has 140 valence electrons. The number of rotatable bonds is 9. The SMILES string of the molecule is CCN(CC)[C@@H](CNC(=O)c1ccc(C(C)=O)s1)c1cccc(OC)c1. The van der Waals surface area contributed by atoms with Gasteiger partial charge in [0.05, 0.1) is 22.9 Å². The number of likely N-dealkylation sites (N-methyl/N-ethyl adjacent to an activating group) is 1. The molecule has 0 saturated heterocycles. The maximum absolute atomic E-state index is 12.5. The van der Waals surface area contributed by atoms with Crippen LogP contribution in [0.5, 0.6) is 5.75 Å². The molecule has 0 spiro atoms. The van der Waals surface area contributed by atoms with Crippen molar-refractivity contribution in [3.63, 3.8) is 0 Å². The van der Waals surface area contributed by atoms with Crippen molar-refractivity contribution in [3.05, 3.63) is 51.7 Å². The minimum absolute atomic E-state index is 0.0218. The highest BCUT2D eigenvalue weighted by molar-refractivity contribution is 7.15. The van der Waals surface area contributed by atoms with Gasteiger partial charge in [0.25, 0.3) is 5.91 Å². The molecule has 0 aliphatic rings. The van der Waals surface area contributed by atoms with E-state index in [-0.39, 0.29) is 17.7 Å². The standard InChI is InChI=1S/C20H26N2O3S/c1-5-22(6-2)17(15-8-7-9-16(12-15)25-4)13-21-20(24)19-11-10-18(26-19)14(3)23/h7-12,17H,5-6,13H2,1-4H3,(H,21,24)/t17-/m0/s1. The van der Waals surface area contributed by atoms with Crippen LogP contribution in [0.3, 0.4) is 0 Å². The molecular formula is C20H26N2O3S. The van der Waals surface area contributed by atoms with Crippen molar-refractivity contribution in [2.45, 2.75) is 26.8 Å². The third kappa shape index (κ3) is 4.93. The topological polar surface area (TPSA) is 58.6 Å². The number of Topliss-reactive ketones (excluding diaryl/α,β-unsaturated/α-hetero) is 1. The second-order valence-corrected chi connectivity index (χ2v) is 7.03. The second-order valence-electron chi connectivity index (χ2n) is 5.94. The Bertz CT molecular complexity index is 753. The molecule has 0 aliphatic heterocycles. The van der Waals surface area contributed by atoms with Gasteiger partial charge in [-0.25, -0.2) is 0 Å². The molecular weight excluding hydrogens is 348 g/mol. The van der Waals surface area contributed by atoms with Crippen LogP contribution in [0.4, 0.5) is 0 Å². The highest BCUT2D eigenvalue weighted by atomic mass is 32.1. The number of hydrogen-bond acceptors (Lipinski definition) is 5. The van der Waals surface area contributed by atoms with Gasteiger partial charge in [-0.15, -0.1) is 11.3 Å². The van der Waals surface area contributed by atoms with E-state index in [2.05, 4.69) is 30.1 Å². The first-order valence-electron chi connectivity index (χ1n) is 8.77. The summed E-state index contributed by atoms with van der Waals surface area (Å²) < 4.78 is 5.34. The van der Waals surface area contributed by atoms with E-state index in [9.17, 15) is 9.59 Å². The van der Waals surface area contributed by atoms with E-state index in [0.29, 0.717) is 16.3 Å². The fourth-order valence-corrected chi connectivity index (χ4v) is 3.71. The smallest absolute Gasteiger partial charge is 0.261 e. The number of carbonyl (C=O) groups excluding carboxylic acids is 2. The third-order valence-corrected chi connectivity index (χ3v) is 5.55. The molecule has 0 fully saturated rings. The van der Waals surface area contributed by atoms with Gasteiger partial charge in [0.15, 0.2) is 5.78 Å². The molecule has 0 aliphatic carbocycles. The zero-order valence-corrected chi connectivity index (χ0v) is 16.6. The molecule has 5 nitrogen and oxygen atoms in total.